The van der Waals surface area contributed by atoms with Crippen molar-refractivity contribution in [2.24, 2.45) is 0 Å². The van der Waals surface area contributed by atoms with Crippen LogP contribution in [0.2, 0.25) is 0 Å². The minimum Gasteiger partial charge on any atom is -0.276 e. The second kappa shape index (κ2) is 4.04. The van der Waals surface area contributed by atoms with E-state index in [1.807, 2.05) is 0 Å². The van der Waals surface area contributed by atoms with Gasteiger partial charge in [-0.15, -0.1) is 0 Å². The number of nitro groups is 2. The van der Waals surface area contributed by atoms with Crippen molar-refractivity contribution in [3.05, 3.63) is 35.4 Å². The van der Waals surface area contributed by atoms with E-state index in [1.54, 1.807) is 0 Å². The van der Waals surface area contributed by atoms with Gasteiger partial charge in [-0.1, -0.05) is 0 Å². The van der Waals surface area contributed by atoms with Gasteiger partial charge in [-0.3, -0.25) is 25.3 Å². The SMILES string of the molecule is O=[N+]([O-])c1c([N+](=O)[O-])c(Br)c2[nH]ncc2c1Br. The van der Waals surface area contributed by atoms with Gasteiger partial charge < -0.3 is 0 Å². The molecule has 10 heteroatoms. The van der Waals surface area contributed by atoms with Crippen molar-refractivity contribution >= 4 is 54.1 Å². The van der Waals surface area contributed by atoms with E-state index in [9.17, 15) is 20.2 Å². The molecule has 17 heavy (non-hydrogen) atoms. The monoisotopic (exact) mass is 364 g/mol. The first-order chi connectivity index (χ1) is 7.95. The van der Waals surface area contributed by atoms with Crippen molar-refractivity contribution in [3.63, 3.8) is 0 Å². The third-order valence-corrected chi connectivity index (χ3v) is 3.68. The quantitative estimate of drug-likeness (QED) is 0.648. The van der Waals surface area contributed by atoms with Crippen LogP contribution in [0.1, 0.15) is 0 Å². The molecule has 0 saturated heterocycles. The molecule has 0 fully saturated rings. The first-order valence-corrected chi connectivity index (χ1v) is 5.66. The van der Waals surface area contributed by atoms with Crippen LogP contribution >= 0.6 is 31.9 Å². The van der Waals surface area contributed by atoms with Crippen molar-refractivity contribution in [2.45, 2.75) is 0 Å². The molecule has 0 aliphatic heterocycles. The zero-order valence-corrected chi connectivity index (χ0v) is 11.0. The van der Waals surface area contributed by atoms with E-state index in [0.717, 1.165) is 0 Å². The number of hydrogen-bond donors (Lipinski definition) is 1. The first kappa shape index (κ1) is 11.9. The Bertz CT molecular complexity index is 599. The number of nitro benzene ring substituents is 2. The van der Waals surface area contributed by atoms with Gasteiger partial charge in [-0.2, -0.15) is 5.10 Å². The molecule has 0 aliphatic carbocycles. The third kappa shape index (κ3) is 1.69. The molecular weight excluding hydrogens is 364 g/mol. The minimum absolute atomic E-state index is 0.00454. The number of hydrogen-bond acceptors (Lipinski definition) is 5. The summed E-state index contributed by atoms with van der Waals surface area (Å²) in [6, 6.07) is 0. The van der Waals surface area contributed by atoms with Gasteiger partial charge in [0, 0.05) is 5.39 Å². The molecule has 1 heterocycles. The number of nitrogens with one attached hydrogen (secondary N) is 1. The summed E-state index contributed by atoms with van der Waals surface area (Å²) < 4.78 is 0.0334. The Morgan fingerprint density at radius 2 is 1.65 bits per heavy atom. The lowest BCUT2D eigenvalue weighted by atomic mass is 10.2. The van der Waals surface area contributed by atoms with Crippen LogP contribution in [0.5, 0.6) is 0 Å². The molecule has 88 valence electrons. The van der Waals surface area contributed by atoms with E-state index in [-0.39, 0.29) is 8.95 Å². The minimum atomic E-state index is -0.812. The Hall–Kier alpha value is -1.55. The van der Waals surface area contributed by atoms with Crippen LogP contribution in [-0.2, 0) is 0 Å². The lowest BCUT2D eigenvalue weighted by molar-refractivity contribution is -0.423. The Kier molecular flexibility index (Phi) is 2.83. The van der Waals surface area contributed by atoms with Crippen LogP contribution in [-0.4, -0.2) is 20.0 Å². The highest BCUT2D eigenvalue weighted by Crippen LogP contribution is 2.45. The lowest BCUT2D eigenvalue weighted by Crippen LogP contribution is -1.99. The second-order valence-corrected chi connectivity index (χ2v) is 4.58. The smallest absolute Gasteiger partial charge is 0.276 e. The predicted octanol–water partition coefficient (Wildman–Crippen LogP) is 2.90. The zero-order valence-electron chi connectivity index (χ0n) is 7.81. The van der Waals surface area contributed by atoms with Gasteiger partial charge in [0.2, 0.25) is 0 Å². The van der Waals surface area contributed by atoms with Gasteiger partial charge in [-0.25, -0.2) is 0 Å². The Balaban J connectivity index is 3.03. The third-order valence-electron chi connectivity index (χ3n) is 2.10. The average molecular weight is 366 g/mol. The molecule has 0 spiro atoms. The molecule has 0 atom stereocenters. The number of halogens is 2. The largest absolute Gasteiger partial charge is 0.363 e. The van der Waals surface area contributed by atoms with Crippen LogP contribution in [0.25, 0.3) is 10.9 Å². The number of H-pyrrole nitrogens is 1. The van der Waals surface area contributed by atoms with Gasteiger partial charge in [-0.05, 0) is 31.9 Å². The van der Waals surface area contributed by atoms with Crippen molar-refractivity contribution < 1.29 is 9.85 Å². The number of rotatable bonds is 2. The lowest BCUT2D eigenvalue weighted by Gasteiger charge is -2.01. The van der Waals surface area contributed by atoms with E-state index < -0.39 is 21.2 Å². The number of fused-ring (bicyclic) bond motifs is 1. The normalized spacial score (nSPS) is 10.7. The van der Waals surface area contributed by atoms with Crippen molar-refractivity contribution in [1.29, 1.82) is 0 Å². The fraction of sp³-hybridized carbons (Fsp3) is 0. The van der Waals surface area contributed by atoms with E-state index in [0.29, 0.717) is 10.9 Å². The summed E-state index contributed by atoms with van der Waals surface area (Å²) in [4.78, 5) is 20.1. The van der Waals surface area contributed by atoms with Crippen LogP contribution in [0, 0.1) is 20.2 Å². The van der Waals surface area contributed by atoms with Gasteiger partial charge in [0.05, 0.1) is 21.6 Å². The van der Waals surface area contributed by atoms with E-state index >= 15 is 0 Å². The number of benzene rings is 1. The van der Waals surface area contributed by atoms with E-state index in [2.05, 4.69) is 42.1 Å². The fourth-order valence-electron chi connectivity index (χ4n) is 1.41. The maximum Gasteiger partial charge on any atom is 0.363 e. The summed E-state index contributed by atoms with van der Waals surface area (Å²) in [7, 11) is 0. The Morgan fingerprint density at radius 3 is 2.18 bits per heavy atom. The first-order valence-electron chi connectivity index (χ1n) is 4.08. The molecule has 0 amide bonds. The summed E-state index contributed by atoms with van der Waals surface area (Å²) in [6.45, 7) is 0. The van der Waals surface area contributed by atoms with Crippen LogP contribution in [0.15, 0.2) is 15.1 Å². The topological polar surface area (TPSA) is 115 Å². The number of nitrogens with zero attached hydrogens (tertiary/aromatic N) is 3. The summed E-state index contributed by atoms with van der Waals surface area (Å²) in [5.41, 5.74) is -0.886. The number of aromatic nitrogens is 2. The number of aromatic amines is 1. The summed E-state index contributed by atoms with van der Waals surface area (Å²) in [5.74, 6) is 0. The van der Waals surface area contributed by atoms with Crippen LogP contribution in [0.3, 0.4) is 0 Å². The second-order valence-electron chi connectivity index (χ2n) is 3.00. The molecular formula is C7H2Br2N4O4. The Morgan fingerprint density at radius 1 is 1.12 bits per heavy atom. The maximum absolute atomic E-state index is 10.9. The van der Waals surface area contributed by atoms with Gasteiger partial charge in [0.15, 0.2) is 0 Å². The van der Waals surface area contributed by atoms with E-state index in [4.69, 9.17) is 0 Å². The van der Waals surface area contributed by atoms with Crippen molar-refractivity contribution in [1.82, 2.24) is 10.2 Å². The van der Waals surface area contributed by atoms with Gasteiger partial charge >= 0.3 is 11.4 Å². The van der Waals surface area contributed by atoms with Gasteiger partial charge in [0.1, 0.15) is 8.95 Å². The van der Waals surface area contributed by atoms with Crippen molar-refractivity contribution in [2.75, 3.05) is 0 Å². The molecule has 0 aliphatic rings. The molecule has 2 rings (SSSR count). The molecule has 2 aromatic rings. The van der Waals surface area contributed by atoms with Gasteiger partial charge in [0.25, 0.3) is 0 Å². The van der Waals surface area contributed by atoms with Crippen LogP contribution < -0.4 is 0 Å². The zero-order chi connectivity index (χ0) is 12.7. The Labute approximate surface area is 110 Å². The highest BCUT2D eigenvalue weighted by atomic mass is 79.9. The van der Waals surface area contributed by atoms with E-state index in [1.165, 1.54) is 6.20 Å². The molecule has 0 radical (unpaired) electrons. The molecule has 8 nitrogen and oxygen atoms in total. The molecule has 0 saturated carbocycles. The highest BCUT2D eigenvalue weighted by molar-refractivity contribution is 9.11. The standard InChI is InChI=1S/C7H2Br2N4O4/c8-3-2-1-10-11-5(2)4(9)7(13(16)17)6(3)12(14)15/h1H,(H,10,11). The molecule has 0 bridgehead atoms. The highest BCUT2D eigenvalue weighted by Gasteiger charge is 2.34. The maximum atomic E-state index is 10.9. The summed E-state index contributed by atoms with van der Waals surface area (Å²) in [5, 5.41) is 28.4. The van der Waals surface area contributed by atoms with Crippen molar-refractivity contribution in [3.8, 4) is 0 Å². The summed E-state index contributed by atoms with van der Waals surface area (Å²) >= 11 is 5.96. The molecule has 1 N–H and O–H groups in total. The summed E-state index contributed by atoms with van der Waals surface area (Å²) in [6.07, 6.45) is 1.35. The molecule has 1 aromatic heterocycles. The van der Waals surface area contributed by atoms with Crippen LogP contribution in [0.4, 0.5) is 11.4 Å². The predicted molar refractivity (Wildman–Crippen MR) is 64.8 cm³/mol. The molecule has 1 aromatic carbocycles. The molecule has 0 unspecified atom stereocenters. The average Bonchev–Trinajstić information content (AvgIpc) is 2.70. The fourth-order valence-corrected chi connectivity index (χ4v) is 2.67.